The smallest absolute Gasteiger partial charge is 0.118 e. The predicted octanol–water partition coefficient (Wildman–Crippen LogP) is 3.37. The van der Waals surface area contributed by atoms with Crippen molar-refractivity contribution in [1.82, 2.24) is 0 Å². The van der Waals surface area contributed by atoms with Crippen LogP contribution in [-0.2, 0) is 10.6 Å². The van der Waals surface area contributed by atoms with Gasteiger partial charge < -0.3 is 9.47 Å². The van der Waals surface area contributed by atoms with E-state index >= 15 is 0 Å². The Morgan fingerprint density at radius 2 is 1.81 bits per heavy atom. The van der Waals surface area contributed by atoms with Crippen LogP contribution >= 0.6 is 11.6 Å². The lowest BCUT2D eigenvalue weighted by atomic mass is 10.2. The first-order valence-corrected chi connectivity index (χ1v) is 6.19. The zero-order valence-electron chi connectivity index (χ0n) is 9.49. The standard InChI is InChI=1S/C8H9ClO.C5H8O/c1-10-8-4-2-7(6-9)3-5-8;1-2-5-3-4(1)6-5/h2-5H,6H2,1H3;4-5H,1-3H2. The minimum Gasteiger partial charge on any atom is -0.497 e. The first-order chi connectivity index (χ1) is 7.81. The third-order valence-corrected chi connectivity index (χ3v) is 3.34. The maximum absolute atomic E-state index is 5.58. The summed E-state index contributed by atoms with van der Waals surface area (Å²) in [5, 5.41) is 0. The molecule has 1 aliphatic carbocycles. The van der Waals surface area contributed by atoms with Crippen molar-refractivity contribution in [3.63, 3.8) is 0 Å². The highest BCUT2D eigenvalue weighted by Crippen LogP contribution is 2.36. The van der Waals surface area contributed by atoms with Crippen LogP contribution in [0.1, 0.15) is 24.8 Å². The third-order valence-electron chi connectivity index (χ3n) is 3.03. The van der Waals surface area contributed by atoms with Gasteiger partial charge in [0.1, 0.15) is 5.75 Å². The Hall–Kier alpha value is -0.730. The summed E-state index contributed by atoms with van der Waals surface area (Å²) in [5.41, 5.74) is 1.11. The van der Waals surface area contributed by atoms with E-state index in [2.05, 4.69) is 0 Å². The molecule has 88 valence electrons. The van der Waals surface area contributed by atoms with Crippen molar-refractivity contribution in [3.8, 4) is 5.75 Å². The lowest BCUT2D eigenvalue weighted by Crippen LogP contribution is -2.25. The summed E-state index contributed by atoms with van der Waals surface area (Å²) in [6.07, 6.45) is 5.42. The van der Waals surface area contributed by atoms with E-state index in [1.165, 1.54) is 19.3 Å². The van der Waals surface area contributed by atoms with Gasteiger partial charge >= 0.3 is 0 Å². The van der Waals surface area contributed by atoms with Crippen molar-refractivity contribution in [2.24, 2.45) is 0 Å². The van der Waals surface area contributed by atoms with Crippen molar-refractivity contribution < 1.29 is 9.47 Å². The molecule has 0 radical (unpaired) electrons. The summed E-state index contributed by atoms with van der Waals surface area (Å²) in [7, 11) is 1.65. The molecule has 3 aliphatic rings. The van der Waals surface area contributed by atoms with Crippen LogP contribution in [0.4, 0.5) is 0 Å². The minimum atomic E-state index is 0.560. The lowest BCUT2D eigenvalue weighted by Gasteiger charge is -2.23. The maximum atomic E-state index is 5.58. The van der Waals surface area contributed by atoms with Gasteiger partial charge in [0.15, 0.2) is 0 Å². The van der Waals surface area contributed by atoms with Crippen molar-refractivity contribution >= 4 is 11.6 Å². The minimum absolute atomic E-state index is 0.560. The van der Waals surface area contributed by atoms with Gasteiger partial charge in [0.25, 0.3) is 0 Å². The highest BCUT2D eigenvalue weighted by atomic mass is 35.5. The van der Waals surface area contributed by atoms with Gasteiger partial charge in [0, 0.05) is 5.88 Å². The van der Waals surface area contributed by atoms with Gasteiger partial charge in [-0.25, -0.2) is 0 Å². The SMILES string of the molecule is C1CC2CC1O2.COc1ccc(CCl)cc1. The van der Waals surface area contributed by atoms with Crippen LogP contribution in [0.25, 0.3) is 0 Å². The summed E-state index contributed by atoms with van der Waals surface area (Å²) < 4.78 is 10.2. The Morgan fingerprint density at radius 1 is 1.25 bits per heavy atom. The van der Waals surface area contributed by atoms with E-state index in [0.717, 1.165) is 11.3 Å². The maximum Gasteiger partial charge on any atom is 0.118 e. The van der Waals surface area contributed by atoms with Crippen LogP contribution < -0.4 is 4.74 Å². The van der Waals surface area contributed by atoms with Crippen LogP contribution in [0.2, 0.25) is 0 Å². The molecule has 2 unspecified atom stereocenters. The number of methoxy groups -OCH3 is 1. The van der Waals surface area contributed by atoms with E-state index in [0.29, 0.717) is 18.1 Å². The molecule has 1 aromatic carbocycles. The van der Waals surface area contributed by atoms with Gasteiger partial charge in [-0.1, -0.05) is 12.1 Å². The Bertz CT molecular complexity index is 281. The van der Waals surface area contributed by atoms with Gasteiger partial charge in [-0.05, 0) is 37.0 Å². The number of fused-ring (bicyclic) bond motifs is 1. The zero-order valence-corrected chi connectivity index (χ0v) is 10.2. The number of alkyl halides is 1. The molecule has 2 bridgehead atoms. The molecule has 0 N–H and O–H groups in total. The van der Waals surface area contributed by atoms with Crippen molar-refractivity contribution in [2.75, 3.05) is 7.11 Å². The molecule has 4 rings (SSSR count). The van der Waals surface area contributed by atoms with E-state index in [4.69, 9.17) is 21.1 Å². The molecule has 3 fully saturated rings. The van der Waals surface area contributed by atoms with E-state index in [1.807, 2.05) is 24.3 Å². The summed E-state index contributed by atoms with van der Waals surface area (Å²) in [6, 6.07) is 7.70. The molecule has 2 nitrogen and oxygen atoms in total. The average molecular weight is 241 g/mol. The fourth-order valence-corrected chi connectivity index (χ4v) is 2.19. The van der Waals surface area contributed by atoms with Crippen LogP contribution in [0.15, 0.2) is 24.3 Å². The van der Waals surface area contributed by atoms with Gasteiger partial charge in [0.2, 0.25) is 0 Å². The molecule has 2 heterocycles. The summed E-state index contributed by atoms with van der Waals surface area (Å²) in [6.45, 7) is 0. The van der Waals surface area contributed by atoms with Crippen molar-refractivity contribution in [3.05, 3.63) is 29.8 Å². The van der Waals surface area contributed by atoms with Crippen LogP contribution in [0, 0.1) is 0 Å². The molecule has 0 spiro atoms. The Labute approximate surface area is 102 Å². The van der Waals surface area contributed by atoms with Gasteiger partial charge in [-0.3, -0.25) is 0 Å². The summed E-state index contributed by atoms with van der Waals surface area (Å²) in [5.74, 6) is 1.43. The number of halogens is 1. The van der Waals surface area contributed by atoms with E-state index in [-0.39, 0.29) is 0 Å². The number of hydrogen-bond acceptors (Lipinski definition) is 2. The number of ether oxygens (including phenoxy) is 2. The molecule has 3 heteroatoms. The monoisotopic (exact) mass is 240 g/mol. The molecule has 2 atom stereocenters. The van der Waals surface area contributed by atoms with Crippen LogP contribution in [0.5, 0.6) is 5.75 Å². The fourth-order valence-electron chi connectivity index (χ4n) is 2.01. The van der Waals surface area contributed by atoms with E-state index in [9.17, 15) is 0 Å². The van der Waals surface area contributed by atoms with Gasteiger partial charge in [0.05, 0.1) is 19.3 Å². The van der Waals surface area contributed by atoms with Crippen molar-refractivity contribution in [2.45, 2.75) is 37.4 Å². The Kier molecular flexibility index (Phi) is 4.08. The second kappa shape index (κ2) is 5.55. The van der Waals surface area contributed by atoms with Crippen molar-refractivity contribution in [1.29, 1.82) is 0 Å². The molecule has 0 amide bonds. The van der Waals surface area contributed by atoms with E-state index in [1.54, 1.807) is 7.11 Å². The first kappa shape index (κ1) is 11.7. The third kappa shape index (κ3) is 2.89. The number of benzene rings is 1. The normalized spacial score (nSPS) is 25.4. The largest absolute Gasteiger partial charge is 0.497 e. The molecule has 1 aromatic rings. The Morgan fingerprint density at radius 3 is 2.12 bits per heavy atom. The number of rotatable bonds is 2. The lowest BCUT2D eigenvalue weighted by molar-refractivity contribution is -0.0647. The summed E-state index contributed by atoms with van der Waals surface area (Å²) >= 11 is 5.58. The molecule has 16 heavy (non-hydrogen) atoms. The second-order valence-corrected chi connectivity index (χ2v) is 4.44. The fraction of sp³-hybridized carbons (Fsp3) is 0.538. The molecule has 1 saturated carbocycles. The molecule has 0 aromatic heterocycles. The molecule has 2 aliphatic heterocycles. The second-order valence-electron chi connectivity index (χ2n) is 4.17. The number of hydrogen-bond donors (Lipinski definition) is 0. The summed E-state index contributed by atoms with van der Waals surface area (Å²) in [4.78, 5) is 0. The topological polar surface area (TPSA) is 18.5 Å². The van der Waals surface area contributed by atoms with Gasteiger partial charge in [-0.15, -0.1) is 11.6 Å². The molecular formula is C13H17ClO2. The highest BCUT2D eigenvalue weighted by Gasteiger charge is 2.36. The quantitative estimate of drug-likeness (QED) is 0.738. The first-order valence-electron chi connectivity index (χ1n) is 5.66. The van der Waals surface area contributed by atoms with E-state index < -0.39 is 0 Å². The van der Waals surface area contributed by atoms with Crippen LogP contribution in [-0.4, -0.2) is 19.3 Å². The van der Waals surface area contributed by atoms with Crippen LogP contribution in [0.3, 0.4) is 0 Å². The molecular weight excluding hydrogens is 224 g/mol. The Balaban J connectivity index is 0.000000134. The average Bonchev–Trinajstić information content (AvgIpc) is 2.93. The predicted molar refractivity (Wildman–Crippen MR) is 65.1 cm³/mol. The highest BCUT2D eigenvalue weighted by molar-refractivity contribution is 6.17. The van der Waals surface area contributed by atoms with Gasteiger partial charge in [-0.2, -0.15) is 0 Å². The zero-order chi connectivity index (χ0) is 11.4. The molecule has 2 saturated heterocycles.